The third kappa shape index (κ3) is 3.29. The van der Waals surface area contributed by atoms with E-state index in [4.69, 9.17) is 20.8 Å². The Hall–Kier alpha value is -3.19. The van der Waals surface area contributed by atoms with Crippen LogP contribution in [0.3, 0.4) is 0 Å². The highest BCUT2D eigenvalue weighted by molar-refractivity contribution is 6.30. The van der Waals surface area contributed by atoms with Crippen molar-refractivity contribution >= 4 is 22.8 Å². The fraction of sp³-hybridized carbons (Fsp3) is 0.105. The minimum absolute atomic E-state index is 0.00178. The molecule has 2 aromatic carbocycles. The number of ether oxygens (including phenoxy) is 1. The topological polar surface area (TPSA) is 81.3 Å². The molecule has 0 bridgehead atoms. The fourth-order valence-electron chi connectivity index (χ4n) is 2.62. The first kappa shape index (κ1) is 17.2. The highest BCUT2D eigenvalue weighted by atomic mass is 35.5. The standard InChI is InChI=1S/C19H13ClFN3O3/c1-9-5-11(6-10(2)16(9)25)17-23-15-8-22-19(24-18(15)27-17)26-12-3-4-13(20)14(21)7-12/h3-8,25H,1-2H3. The zero-order valence-corrected chi connectivity index (χ0v) is 15.1. The molecule has 8 heteroatoms. The van der Waals surface area contributed by atoms with Gasteiger partial charge in [-0.2, -0.15) is 4.98 Å². The van der Waals surface area contributed by atoms with Crippen molar-refractivity contribution in [3.05, 3.63) is 58.5 Å². The minimum atomic E-state index is -0.602. The van der Waals surface area contributed by atoms with Crippen molar-refractivity contribution in [2.45, 2.75) is 13.8 Å². The smallest absolute Gasteiger partial charge is 0.325 e. The summed E-state index contributed by atoms with van der Waals surface area (Å²) >= 11 is 5.65. The number of aryl methyl sites for hydroxylation is 2. The molecule has 2 heterocycles. The first-order valence-electron chi connectivity index (χ1n) is 7.98. The molecule has 0 unspecified atom stereocenters. The first-order valence-corrected chi connectivity index (χ1v) is 8.35. The fourth-order valence-corrected chi connectivity index (χ4v) is 2.74. The Balaban J connectivity index is 1.68. The van der Waals surface area contributed by atoms with E-state index in [1.807, 2.05) is 0 Å². The molecule has 0 aliphatic heterocycles. The summed E-state index contributed by atoms with van der Waals surface area (Å²) in [6, 6.07) is 7.57. The van der Waals surface area contributed by atoms with Gasteiger partial charge < -0.3 is 14.3 Å². The highest BCUT2D eigenvalue weighted by Crippen LogP contribution is 2.31. The Morgan fingerprint density at radius 3 is 2.56 bits per heavy atom. The molecule has 6 nitrogen and oxygen atoms in total. The van der Waals surface area contributed by atoms with Crippen molar-refractivity contribution < 1.29 is 18.7 Å². The Bertz CT molecular complexity index is 1150. The van der Waals surface area contributed by atoms with E-state index in [2.05, 4.69) is 15.0 Å². The lowest BCUT2D eigenvalue weighted by atomic mass is 10.1. The number of aromatic hydroxyl groups is 1. The van der Waals surface area contributed by atoms with Crippen LogP contribution < -0.4 is 4.74 Å². The van der Waals surface area contributed by atoms with Gasteiger partial charge in [0.2, 0.25) is 5.89 Å². The molecule has 0 radical (unpaired) electrons. The molecule has 27 heavy (non-hydrogen) atoms. The van der Waals surface area contributed by atoms with E-state index in [-0.39, 0.29) is 28.2 Å². The lowest BCUT2D eigenvalue weighted by Crippen LogP contribution is -1.92. The molecule has 1 N–H and O–H groups in total. The summed E-state index contributed by atoms with van der Waals surface area (Å²) in [6.45, 7) is 3.59. The largest absolute Gasteiger partial charge is 0.507 e. The normalized spacial score (nSPS) is 11.1. The molecule has 0 aliphatic carbocycles. The van der Waals surface area contributed by atoms with Crippen LogP contribution >= 0.6 is 11.6 Å². The number of aromatic nitrogens is 3. The van der Waals surface area contributed by atoms with E-state index in [0.717, 1.165) is 6.07 Å². The summed E-state index contributed by atoms with van der Waals surface area (Å²) in [7, 11) is 0. The SMILES string of the molecule is Cc1cc(-c2nc3cnc(Oc4ccc(Cl)c(F)c4)nc3o2)cc(C)c1O. The molecule has 4 rings (SSSR count). The van der Waals surface area contributed by atoms with Gasteiger partial charge >= 0.3 is 6.01 Å². The minimum Gasteiger partial charge on any atom is -0.507 e. The molecule has 0 aliphatic rings. The van der Waals surface area contributed by atoms with Crippen LogP contribution in [0, 0.1) is 19.7 Å². The summed E-state index contributed by atoms with van der Waals surface area (Å²) in [5.41, 5.74) is 2.82. The maximum atomic E-state index is 13.5. The van der Waals surface area contributed by atoms with Gasteiger partial charge in [0.1, 0.15) is 22.8 Å². The molecule has 4 aromatic rings. The third-order valence-electron chi connectivity index (χ3n) is 3.97. The van der Waals surface area contributed by atoms with Crippen molar-refractivity contribution in [2.75, 3.05) is 0 Å². The highest BCUT2D eigenvalue weighted by Gasteiger charge is 2.14. The Morgan fingerprint density at radius 2 is 1.85 bits per heavy atom. The number of hydrogen-bond donors (Lipinski definition) is 1. The maximum Gasteiger partial charge on any atom is 0.325 e. The predicted molar refractivity (Wildman–Crippen MR) is 97.7 cm³/mol. The maximum absolute atomic E-state index is 13.5. The van der Waals surface area contributed by atoms with E-state index in [9.17, 15) is 9.50 Å². The number of hydrogen-bond acceptors (Lipinski definition) is 6. The van der Waals surface area contributed by atoms with Crippen LogP contribution in [0.5, 0.6) is 17.5 Å². The van der Waals surface area contributed by atoms with Crippen LogP contribution in [-0.2, 0) is 0 Å². The van der Waals surface area contributed by atoms with Crippen LogP contribution in [0.1, 0.15) is 11.1 Å². The second-order valence-corrected chi connectivity index (χ2v) is 6.41. The van der Waals surface area contributed by atoms with Gasteiger partial charge in [-0.3, -0.25) is 0 Å². The number of phenolic OH excluding ortho intramolecular Hbond substituents is 1. The summed E-state index contributed by atoms with van der Waals surface area (Å²) in [5.74, 6) is 0.191. The summed E-state index contributed by atoms with van der Waals surface area (Å²) in [4.78, 5) is 12.6. The molecule has 2 aromatic heterocycles. The van der Waals surface area contributed by atoms with E-state index in [0.29, 0.717) is 28.1 Å². The average molecular weight is 386 g/mol. The average Bonchev–Trinajstić information content (AvgIpc) is 3.06. The summed E-state index contributed by atoms with van der Waals surface area (Å²) < 4.78 is 24.7. The van der Waals surface area contributed by atoms with Gasteiger partial charge in [0, 0.05) is 11.6 Å². The van der Waals surface area contributed by atoms with Crippen LogP contribution in [0.2, 0.25) is 5.02 Å². The molecule has 0 amide bonds. The molecular weight excluding hydrogens is 373 g/mol. The van der Waals surface area contributed by atoms with Crippen molar-refractivity contribution in [1.29, 1.82) is 0 Å². The Kier molecular flexibility index (Phi) is 4.16. The zero-order chi connectivity index (χ0) is 19.1. The summed E-state index contributed by atoms with van der Waals surface area (Å²) in [6.07, 6.45) is 1.46. The van der Waals surface area contributed by atoms with Gasteiger partial charge in [-0.1, -0.05) is 11.6 Å². The number of nitrogens with zero attached hydrogens (tertiary/aromatic N) is 3. The van der Waals surface area contributed by atoms with E-state index >= 15 is 0 Å². The predicted octanol–water partition coefficient (Wildman–Crippen LogP) is 5.19. The second-order valence-electron chi connectivity index (χ2n) is 6.00. The monoisotopic (exact) mass is 385 g/mol. The van der Waals surface area contributed by atoms with Gasteiger partial charge in [0.15, 0.2) is 0 Å². The van der Waals surface area contributed by atoms with E-state index < -0.39 is 5.82 Å². The zero-order valence-electron chi connectivity index (χ0n) is 14.3. The Morgan fingerprint density at radius 1 is 1.11 bits per heavy atom. The van der Waals surface area contributed by atoms with E-state index in [1.165, 1.54) is 18.3 Å². The number of fused-ring (bicyclic) bond motifs is 1. The quantitative estimate of drug-likeness (QED) is 0.522. The van der Waals surface area contributed by atoms with Gasteiger partial charge in [0.05, 0.1) is 11.2 Å². The molecule has 0 saturated carbocycles. The first-order chi connectivity index (χ1) is 12.9. The van der Waals surface area contributed by atoms with Crippen molar-refractivity contribution in [1.82, 2.24) is 15.0 Å². The molecular formula is C19H13ClFN3O3. The lowest BCUT2D eigenvalue weighted by Gasteiger charge is -2.04. The van der Waals surface area contributed by atoms with Crippen molar-refractivity contribution in [3.8, 4) is 29.0 Å². The van der Waals surface area contributed by atoms with Crippen molar-refractivity contribution in [3.63, 3.8) is 0 Å². The lowest BCUT2D eigenvalue weighted by molar-refractivity contribution is 0.436. The van der Waals surface area contributed by atoms with Crippen LogP contribution in [0.15, 0.2) is 40.9 Å². The molecule has 136 valence electrons. The number of rotatable bonds is 3. The molecule has 0 atom stereocenters. The molecule has 0 saturated heterocycles. The van der Waals surface area contributed by atoms with Gasteiger partial charge in [0.25, 0.3) is 5.71 Å². The summed E-state index contributed by atoms with van der Waals surface area (Å²) in [5, 5.41) is 9.90. The number of halogens is 2. The number of phenols is 1. The van der Waals surface area contributed by atoms with Crippen LogP contribution in [0.4, 0.5) is 4.39 Å². The Labute approximate surface area is 158 Å². The van der Waals surface area contributed by atoms with Crippen molar-refractivity contribution in [2.24, 2.45) is 0 Å². The van der Waals surface area contributed by atoms with Gasteiger partial charge in [-0.15, -0.1) is 0 Å². The number of benzene rings is 2. The third-order valence-corrected chi connectivity index (χ3v) is 4.27. The van der Waals surface area contributed by atoms with Crippen LogP contribution in [-0.4, -0.2) is 20.1 Å². The van der Waals surface area contributed by atoms with Crippen LogP contribution in [0.25, 0.3) is 22.7 Å². The van der Waals surface area contributed by atoms with Gasteiger partial charge in [-0.05, 0) is 49.2 Å². The second kappa shape index (κ2) is 6.51. The van der Waals surface area contributed by atoms with E-state index in [1.54, 1.807) is 26.0 Å². The molecule has 0 fully saturated rings. The number of oxazole rings is 1. The van der Waals surface area contributed by atoms with Gasteiger partial charge in [-0.25, -0.2) is 14.4 Å². The molecule has 0 spiro atoms.